The van der Waals surface area contributed by atoms with Gasteiger partial charge < -0.3 is 5.73 Å². The molecule has 2 N–H and O–H groups in total. The van der Waals surface area contributed by atoms with Crippen molar-refractivity contribution < 1.29 is 9.59 Å². The zero-order valence-corrected chi connectivity index (χ0v) is 17.0. The number of hydrogen-bond donors (Lipinski definition) is 1. The number of nitrogens with zero attached hydrogens (tertiary/aromatic N) is 4. The van der Waals surface area contributed by atoms with Crippen LogP contribution in [0.25, 0.3) is 11.1 Å². The molecule has 0 fully saturated rings. The fraction of sp³-hybridized carbons (Fsp3) is 0. The standard InChI is InChI=1S/C14H9NO2.C12H4N4/c15-11-7-3-6-10-12(11)14(17)9-5-2-1-4-8(9)13(10)16;13-5-11(6-14)9-1-2-10(4-3-9)12(7-15)8-16/h1-7H,15H2;1-4H. The highest BCUT2D eigenvalue weighted by molar-refractivity contribution is 6.30. The smallest absolute Gasteiger partial charge is 0.196 e. The van der Waals surface area contributed by atoms with Crippen LogP contribution >= 0.6 is 0 Å². The number of nitrogen functional groups attached to an aromatic ring is 1. The number of hydrogen-bond acceptors (Lipinski definition) is 7. The third kappa shape index (κ3) is 4.21. The third-order valence-electron chi connectivity index (χ3n) is 4.89. The van der Waals surface area contributed by atoms with Crippen LogP contribution in [0.2, 0.25) is 0 Å². The van der Waals surface area contributed by atoms with Crippen molar-refractivity contribution in [3.05, 3.63) is 99.4 Å². The topological polar surface area (TPSA) is 155 Å². The van der Waals surface area contributed by atoms with Crippen molar-refractivity contribution in [1.29, 1.82) is 21.0 Å². The Kier molecular flexibility index (Phi) is 6.42. The zero-order chi connectivity index (χ0) is 24.0. The molecule has 4 rings (SSSR count). The average Bonchev–Trinajstić information content (AvgIpc) is 2.85. The molecule has 3 aromatic carbocycles. The molecule has 0 unspecified atom stereocenters. The Hall–Kier alpha value is -5.50. The Bertz CT molecular complexity index is 1490. The maximum Gasteiger partial charge on any atom is 0.196 e. The Morgan fingerprint density at radius 2 is 1.00 bits per heavy atom. The lowest BCUT2D eigenvalue weighted by molar-refractivity contribution is 0.0979. The summed E-state index contributed by atoms with van der Waals surface area (Å²) in [6, 6.07) is 25.0. The Balaban J connectivity index is 0.000000186. The molecule has 0 spiro atoms. The number of benzene rings is 3. The second kappa shape index (κ2) is 9.54. The van der Waals surface area contributed by atoms with Gasteiger partial charge in [0.15, 0.2) is 11.6 Å². The number of fused-ring (bicyclic) bond motifs is 2. The monoisotopic (exact) mass is 427 g/mol. The van der Waals surface area contributed by atoms with E-state index in [1.807, 2.05) is 0 Å². The first-order chi connectivity index (χ1) is 16.0. The fourth-order valence-corrected chi connectivity index (χ4v) is 3.28. The molecule has 0 atom stereocenters. The van der Waals surface area contributed by atoms with Crippen LogP contribution in [-0.4, -0.2) is 11.6 Å². The van der Waals surface area contributed by atoms with Gasteiger partial charge in [-0.25, -0.2) is 0 Å². The maximum atomic E-state index is 12.2. The number of anilines is 1. The van der Waals surface area contributed by atoms with Gasteiger partial charge in [-0.05, 0) is 6.07 Å². The van der Waals surface area contributed by atoms with Crippen LogP contribution < -0.4 is 16.2 Å². The molecule has 0 saturated carbocycles. The summed E-state index contributed by atoms with van der Waals surface area (Å²) >= 11 is 0. The second-order valence-electron chi connectivity index (χ2n) is 6.75. The number of rotatable bonds is 0. The Morgan fingerprint density at radius 1 is 0.576 bits per heavy atom. The molecular weight excluding hydrogens is 414 g/mol. The van der Waals surface area contributed by atoms with Crippen molar-refractivity contribution in [1.82, 2.24) is 0 Å². The van der Waals surface area contributed by atoms with E-state index in [-0.39, 0.29) is 22.7 Å². The van der Waals surface area contributed by atoms with E-state index in [0.717, 1.165) is 0 Å². The summed E-state index contributed by atoms with van der Waals surface area (Å²) in [6.45, 7) is 0. The van der Waals surface area contributed by atoms with Crippen LogP contribution in [0.15, 0.2) is 66.7 Å². The predicted molar refractivity (Wildman–Crippen MR) is 119 cm³/mol. The van der Waals surface area contributed by atoms with Gasteiger partial charge >= 0.3 is 0 Å². The van der Waals surface area contributed by atoms with Crippen molar-refractivity contribution >= 4 is 28.4 Å². The maximum absolute atomic E-state index is 12.2. The molecule has 0 amide bonds. The van der Waals surface area contributed by atoms with Gasteiger partial charge in [-0.1, -0.05) is 60.7 Å². The van der Waals surface area contributed by atoms with Crippen molar-refractivity contribution in [2.24, 2.45) is 0 Å². The highest BCUT2D eigenvalue weighted by Gasteiger charge is 2.30. The first-order valence-corrected chi connectivity index (χ1v) is 9.48. The van der Waals surface area contributed by atoms with Crippen LogP contribution in [-0.2, 0) is 0 Å². The molecule has 7 nitrogen and oxygen atoms in total. The quantitative estimate of drug-likeness (QED) is 0.421. The van der Waals surface area contributed by atoms with E-state index in [4.69, 9.17) is 26.8 Å². The number of carbonyl (C=O) groups excluding carboxylic acids is 2. The highest BCUT2D eigenvalue weighted by atomic mass is 16.1. The average molecular weight is 427 g/mol. The SMILES string of the molecule is N#CC(C#N)=c1ccc(=C(C#N)C#N)cc1.Nc1cccc2c1C(=O)c1ccccc1C2=O. The van der Waals surface area contributed by atoms with Gasteiger partial charge in [-0.3, -0.25) is 9.59 Å². The number of nitrogens with two attached hydrogens (primary N) is 1. The van der Waals surface area contributed by atoms with Gasteiger partial charge in [0.2, 0.25) is 0 Å². The van der Waals surface area contributed by atoms with Gasteiger partial charge in [0, 0.05) is 32.8 Å². The fourth-order valence-electron chi connectivity index (χ4n) is 3.28. The largest absolute Gasteiger partial charge is 0.398 e. The third-order valence-corrected chi connectivity index (χ3v) is 4.89. The van der Waals surface area contributed by atoms with Gasteiger partial charge in [-0.15, -0.1) is 0 Å². The van der Waals surface area contributed by atoms with Crippen molar-refractivity contribution in [3.63, 3.8) is 0 Å². The summed E-state index contributed by atoms with van der Waals surface area (Å²) in [5.74, 6) is -0.309. The van der Waals surface area contributed by atoms with E-state index in [0.29, 0.717) is 38.4 Å². The summed E-state index contributed by atoms with van der Waals surface area (Å²) in [7, 11) is 0. The molecule has 154 valence electrons. The van der Waals surface area contributed by atoms with E-state index in [2.05, 4.69) is 0 Å². The molecule has 0 heterocycles. The molecule has 33 heavy (non-hydrogen) atoms. The lowest BCUT2D eigenvalue weighted by Crippen LogP contribution is -2.22. The Morgan fingerprint density at radius 3 is 1.45 bits per heavy atom. The van der Waals surface area contributed by atoms with Gasteiger partial charge in [-0.2, -0.15) is 21.0 Å². The summed E-state index contributed by atoms with van der Waals surface area (Å²) in [5.41, 5.74) is 7.75. The van der Waals surface area contributed by atoms with E-state index in [1.54, 1.807) is 66.7 Å². The minimum atomic E-state index is -0.173. The van der Waals surface area contributed by atoms with Crippen LogP contribution in [0.4, 0.5) is 5.69 Å². The van der Waals surface area contributed by atoms with E-state index < -0.39 is 0 Å². The lowest BCUT2D eigenvalue weighted by atomic mass is 9.83. The highest BCUT2D eigenvalue weighted by Crippen LogP contribution is 2.30. The Labute approximate surface area is 188 Å². The van der Waals surface area contributed by atoms with Crippen LogP contribution in [0, 0.1) is 45.3 Å². The molecule has 0 aromatic heterocycles. The van der Waals surface area contributed by atoms with Crippen molar-refractivity contribution in [2.75, 3.05) is 5.73 Å². The minimum Gasteiger partial charge on any atom is -0.398 e. The number of carbonyl (C=O) groups is 2. The molecule has 1 aliphatic rings. The molecule has 0 saturated heterocycles. The van der Waals surface area contributed by atoms with E-state index >= 15 is 0 Å². The van der Waals surface area contributed by atoms with Crippen molar-refractivity contribution in [2.45, 2.75) is 0 Å². The van der Waals surface area contributed by atoms with Crippen LogP contribution in [0.5, 0.6) is 0 Å². The molecule has 1 aliphatic carbocycles. The van der Waals surface area contributed by atoms with E-state index in [9.17, 15) is 9.59 Å². The van der Waals surface area contributed by atoms with Gasteiger partial charge in [0.1, 0.15) is 35.4 Å². The molecule has 0 aliphatic heterocycles. The normalized spacial score (nSPS) is 10.5. The predicted octanol–water partition coefficient (Wildman–Crippen LogP) is 2.13. The van der Waals surface area contributed by atoms with Crippen molar-refractivity contribution in [3.8, 4) is 24.3 Å². The van der Waals surface area contributed by atoms with E-state index in [1.165, 1.54) is 24.3 Å². The molecule has 3 aromatic rings. The number of nitriles is 4. The molecule has 7 heteroatoms. The lowest BCUT2D eigenvalue weighted by Gasteiger charge is -2.18. The second-order valence-corrected chi connectivity index (χ2v) is 6.75. The van der Waals surface area contributed by atoms with Crippen LogP contribution in [0.3, 0.4) is 0 Å². The minimum absolute atomic E-state index is 0.00187. The first-order valence-electron chi connectivity index (χ1n) is 9.48. The van der Waals surface area contributed by atoms with Gasteiger partial charge in [0.05, 0.1) is 5.56 Å². The summed E-state index contributed by atoms with van der Waals surface area (Å²) in [4.78, 5) is 24.4. The summed E-state index contributed by atoms with van der Waals surface area (Å²) in [5, 5.41) is 35.5. The molecule has 0 bridgehead atoms. The van der Waals surface area contributed by atoms with Gasteiger partial charge in [0.25, 0.3) is 0 Å². The zero-order valence-electron chi connectivity index (χ0n) is 17.0. The molecule has 0 radical (unpaired) electrons. The van der Waals surface area contributed by atoms with Crippen LogP contribution in [0.1, 0.15) is 31.8 Å². The summed E-state index contributed by atoms with van der Waals surface area (Å²) < 4.78 is 0. The molecular formula is C26H13N5O2. The number of ketones is 2. The first kappa shape index (κ1) is 22.2. The summed E-state index contributed by atoms with van der Waals surface area (Å²) in [6.07, 6.45) is 0.